The van der Waals surface area contributed by atoms with Crippen molar-refractivity contribution in [2.45, 2.75) is 118 Å². The van der Waals surface area contributed by atoms with Gasteiger partial charge in [-0.2, -0.15) is 71.8 Å². The second-order valence-electron chi connectivity index (χ2n) is 17.2. The van der Waals surface area contributed by atoms with Gasteiger partial charge in [0.15, 0.2) is 0 Å². The third-order valence-corrected chi connectivity index (χ3v) is 11.2. The van der Waals surface area contributed by atoms with Crippen LogP contribution in [0.2, 0.25) is 0 Å². The minimum Gasteiger partial charge on any atom is -0.358 e. The van der Waals surface area contributed by atoms with Gasteiger partial charge in [0.2, 0.25) is 0 Å². The first-order valence-electron chi connectivity index (χ1n) is 18.1. The molecule has 3 aromatic carbocycles. The Balaban J connectivity index is 0.000000175. The van der Waals surface area contributed by atoms with Gasteiger partial charge in [-0.3, -0.25) is 6.08 Å². The van der Waals surface area contributed by atoms with E-state index < -0.39 is 0 Å². The Hall–Kier alpha value is -2.11. The van der Waals surface area contributed by atoms with Crippen LogP contribution in [0.1, 0.15) is 123 Å². The second kappa shape index (κ2) is 15.8. The van der Waals surface area contributed by atoms with Gasteiger partial charge < -0.3 is 7.43 Å². The molecule has 0 saturated heterocycles. The molecule has 0 aromatic heterocycles. The molecule has 0 heterocycles. The monoisotopic (exact) mass is 714 g/mol. The van der Waals surface area contributed by atoms with Gasteiger partial charge in [-0.1, -0.05) is 91.5 Å². The molecule has 0 nitrogen and oxygen atoms in total. The summed E-state index contributed by atoms with van der Waals surface area (Å²) < 4.78 is 3.34. The van der Waals surface area contributed by atoms with Crippen molar-refractivity contribution in [2.24, 2.45) is 29.1 Å². The summed E-state index contributed by atoms with van der Waals surface area (Å²) in [5.74, 6) is 3.82. The SMILES string of the molecule is CC(C)(C)c1[c-]c2c(cc1)-c1ccc(C(C)(C)C)cc1C2.CC1=[C-]C(C)C=C1CC12CC3CC(CC(C3)C1)C2.[CH2]=[Zr].[CH3-].[c-]1ccccc1. The fourth-order valence-corrected chi connectivity index (χ4v) is 9.37. The summed E-state index contributed by atoms with van der Waals surface area (Å²) in [7, 11) is 0. The zero-order valence-electron chi connectivity index (χ0n) is 31.5. The normalized spacial score (nSPS) is 25.7. The summed E-state index contributed by atoms with van der Waals surface area (Å²) in [6, 6.07) is 27.7. The van der Waals surface area contributed by atoms with Gasteiger partial charge in [0, 0.05) is 0 Å². The van der Waals surface area contributed by atoms with E-state index in [-0.39, 0.29) is 18.3 Å². The molecule has 4 saturated carbocycles. The van der Waals surface area contributed by atoms with E-state index in [1.807, 2.05) is 30.3 Å². The summed E-state index contributed by atoms with van der Waals surface area (Å²) in [6.07, 6.45) is 17.8. The standard InChI is InChI=1S/C21H25.C18H25.C6H5.CH3.CH2.Zr/c1-20(2,3)16-7-9-18-14(12-16)11-15-13-17(21(4,5)6)8-10-19(15)18;1-12-3-13(2)17(4-12)11-18-8-14-5-15(9-18)7-16(6-14)10-18;1-2-4-6-5-3-1;;;/h7-10,12H,11H2,1-6H3;4,12,14-16H,5-11H2,1-2H3;1-5H;1H3;1H2;/q4*-1;;. The molecule has 1 heteroatoms. The molecule has 6 aliphatic rings. The Bertz CT molecular complexity index is 1450. The van der Waals surface area contributed by atoms with Crippen LogP contribution in [0.5, 0.6) is 0 Å². The van der Waals surface area contributed by atoms with Crippen molar-refractivity contribution in [2.75, 3.05) is 0 Å². The molecule has 4 bridgehead atoms. The van der Waals surface area contributed by atoms with E-state index in [0.717, 1.165) is 24.2 Å². The minimum atomic E-state index is 0. The van der Waals surface area contributed by atoms with Crippen molar-refractivity contribution in [1.82, 2.24) is 0 Å². The Morgan fingerprint density at radius 1 is 0.812 bits per heavy atom. The molecule has 0 radical (unpaired) electrons. The quantitative estimate of drug-likeness (QED) is 0.181. The van der Waals surface area contributed by atoms with Crippen molar-refractivity contribution < 1.29 is 24.2 Å². The van der Waals surface area contributed by atoms with E-state index in [4.69, 9.17) is 0 Å². The molecule has 0 aliphatic heterocycles. The van der Waals surface area contributed by atoms with Gasteiger partial charge in [0.25, 0.3) is 0 Å². The van der Waals surface area contributed by atoms with Gasteiger partial charge in [-0.05, 0) is 90.1 Å². The summed E-state index contributed by atoms with van der Waals surface area (Å²) >= 11 is 1.30. The van der Waals surface area contributed by atoms with Crippen LogP contribution >= 0.6 is 0 Å². The molecule has 1 atom stereocenters. The van der Waals surface area contributed by atoms with Gasteiger partial charge in [0.05, 0.1) is 0 Å². The molecular formula is C47H60Zr-4. The van der Waals surface area contributed by atoms with Gasteiger partial charge in [0.1, 0.15) is 0 Å². The van der Waals surface area contributed by atoms with E-state index in [1.54, 1.807) is 44.1 Å². The van der Waals surface area contributed by atoms with Crippen LogP contribution in [-0.4, -0.2) is 4.21 Å². The molecule has 0 N–H and O–H groups in total. The van der Waals surface area contributed by atoms with Crippen molar-refractivity contribution in [1.29, 1.82) is 0 Å². The number of rotatable bonds is 2. The fraction of sp³-hybridized carbons (Fsp3) is 0.489. The first-order valence-corrected chi connectivity index (χ1v) is 19.8. The molecular weight excluding hydrogens is 656 g/mol. The molecule has 1 unspecified atom stereocenters. The van der Waals surface area contributed by atoms with Crippen molar-refractivity contribution in [3.63, 3.8) is 0 Å². The molecule has 4 fully saturated rings. The molecule has 6 aliphatic carbocycles. The van der Waals surface area contributed by atoms with Crippen LogP contribution in [0, 0.1) is 54.7 Å². The summed E-state index contributed by atoms with van der Waals surface area (Å²) in [4.78, 5) is 0. The molecule has 48 heavy (non-hydrogen) atoms. The van der Waals surface area contributed by atoms with Crippen molar-refractivity contribution in [3.8, 4) is 11.1 Å². The Labute approximate surface area is 310 Å². The number of hydrogen-bond donors (Lipinski definition) is 0. The topological polar surface area (TPSA) is 0 Å². The molecule has 0 spiro atoms. The third kappa shape index (κ3) is 9.16. The number of fused-ring (bicyclic) bond motifs is 3. The average molecular weight is 716 g/mol. The molecule has 9 rings (SSSR count). The smallest absolute Gasteiger partial charge is 0.171 e. The van der Waals surface area contributed by atoms with E-state index in [9.17, 15) is 0 Å². The average Bonchev–Trinajstić information content (AvgIpc) is 3.54. The zero-order valence-corrected chi connectivity index (χ0v) is 34.0. The van der Waals surface area contributed by atoms with Crippen LogP contribution < -0.4 is 0 Å². The van der Waals surface area contributed by atoms with Gasteiger partial charge >= 0.3 is 28.4 Å². The van der Waals surface area contributed by atoms with Crippen LogP contribution in [0.25, 0.3) is 11.1 Å². The summed E-state index contributed by atoms with van der Waals surface area (Å²) in [5, 5.41) is 0. The third-order valence-electron chi connectivity index (χ3n) is 11.2. The number of hydrogen-bond acceptors (Lipinski definition) is 0. The van der Waals surface area contributed by atoms with Crippen LogP contribution in [0.15, 0.2) is 77.9 Å². The maximum atomic E-state index is 3.67. The first-order chi connectivity index (χ1) is 22.3. The minimum absolute atomic E-state index is 0. The largest absolute Gasteiger partial charge is 0.358 e. The van der Waals surface area contributed by atoms with E-state index in [1.165, 1.54) is 69.6 Å². The van der Waals surface area contributed by atoms with Crippen molar-refractivity contribution in [3.05, 3.63) is 126 Å². The fourth-order valence-electron chi connectivity index (χ4n) is 9.37. The predicted molar refractivity (Wildman–Crippen MR) is 205 cm³/mol. The number of benzene rings is 3. The Morgan fingerprint density at radius 3 is 1.85 bits per heavy atom. The zero-order chi connectivity index (χ0) is 34.0. The predicted octanol–water partition coefficient (Wildman–Crippen LogP) is 12.5. The van der Waals surface area contributed by atoms with E-state index in [0.29, 0.717) is 11.3 Å². The van der Waals surface area contributed by atoms with Crippen LogP contribution in [0.4, 0.5) is 0 Å². The van der Waals surface area contributed by atoms with E-state index in [2.05, 4.69) is 114 Å². The molecule has 3 aromatic rings. The Kier molecular flexibility index (Phi) is 12.8. The van der Waals surface area contributed by atoms with E-state index >= 15 is 0 Å². The maximum Gasteiger partial charge on any atom is -0.171 e. The summed E-state index contributed by atoms with van der Waals surface area (Å²) in [6.45, 7) is 18.1. The number of allylic oxidation sites excluding steroid dienone is 4. The molecule has 256 valence electrons. The Morgan fingerprint density at radius 2 is 1.40 bits per heavy atom. The van der Waals surface area contributed by atoms with Gasteiger partial charge in [-0.25, -0.2) is 5.57 Å². The first kappa shape index (κ1) is 38.7. The molecule has 0 amide bonds. The van der Waals surface area contributed by atoms with Crippen molar-refractivity contribution >= 4 is 4.21 Å². The second-order valence-corrected chi connectivity index (χ2v) is 17.2. The maximum absolute atomic E-state index is 3.67. The van der Waals surface area contributed by atoms with Crippen LogP contribution in [-0.2, 0) is 41.5 Å². The van der Waals surface area contributed by atoms with Crippen LogP contribution in [0.3, 0.4) is 0 Å². The van der Waals surface area contributed by atoms with Gasteiger partial charge in [-0.15, -0.1) is 11.1 Å². The summed E-state index contributed by atoms with van der Waals surface area (Å²) in [5.41, 5.74) is 12.5.